The zero-order valence-electron chi connectivity index (χ0n) is 19.7. The molecule has 4 aromatic rings. The Hall–Kier alpha value is -3.94. The van der Waals surface area contributed by atoms with Crippen molar-refractivity contribution in [3.05, 3.63) is 66.3 Å². The van der Waals surface area contributed by atoms with E-state index >= 15 is 4.39 Å². The van der Waals surface area contributed by atoms with Crippen LogP contribution in [0.3, 0.4) is 0 Å². The molecular weight excluding hydrogens is 526 g/mol. The van der Waals surface area contributed by atoms with Crippen molar-refractivity contribution in [3.8, 4) is 5.75 Å². The average molecular weight is 546 g/mol. The number of aliphatic imine (C=N–C) groups is 1. The van der Waals surface area contributed by atoms with Gasteiger partial charge < -0.3 is 20.2 Å². The van der Waals surface area contributed by atoms with E-state index in [9.17, 15) is 13.2 Å². The van der Waals surface area contributed by atoms with Gasteiger partial charge in [0.15, 0.2) is 29.2 Å². The van der Waals surface area contributed by atoms with Crippen molar-refractivity contribution in [2.45, 2.75) is 36.7 Å². The fraction of sp³-hybridized carbons (Fsp3) is 0.292. The van der Waals surface area contributed by atoms with Crippen molar-refractivity contribution in [3.63, 3.8) is 0 Å². The van der Waals surface area contributed by atoms with Crippen LogP contribution < -0.4 is 15.8 Å². The number of nitrogens with one attached hydrogen (secondary N) is 1. The molecule has 0 spiro atoms. The number of benzene rings is 1. The summed E-state index contributed by atoms with van der Waals surface area (Å²) in [5, 5.41) is 2.85. The van der Waals surface area contributed by atoms with Gasteiger partial charge in [0.05, 0.1) is 28.2 Å². The molecular formula is C24H19F4N7O2S. The second kappa shape index (κ2) is 8.82. The Bertz CT molecular complexity index is 1570. The standard InChI is InChI=1S/C24H19F4N7O2S/c1-23(16-7-24(16,21(27)28)38-22(29)35-23)13-4-11(5-14(25)18(13)26)34-20-19-15(32-10-33-20)6-12(8-31-19)37-9-17-30-2-3-36-17/h2-6,8,10,16,21H,7,9H2,1H3,(H2,29,35)(H,32,33,34)/t16-,23-,24-/m0/s1. The van der Waals surface area contributed by atoms with Gasteiger partial charge >= 0.3 is 0 Å². The lowest BCUT2D eigenvalue weighted by Gasteiger charge is -2.34. The van der Waals surface area contributed by atoms with Crippen molar-refractivity contribution >= 4 is 39.5 Å². The largest absolute Gasteiger partial charge is 0.482 e. The molecule has 0 saturated heterocycles. The van der Waals surface area contributed by atoms with Gasteiger partial charge in [0, 0.05) is 29.3 Å². The van der Waals surface area contributed by atoms with Crippen LogP contribution in [0.15, 0.2) is 52.6 Å². The summed E-state index contributed by atoms with van der Waals surface area (Å²) in [6.07, 6.45) is 3.04. The normalized spacial score (nSPS) is 24.3. The number of hydrogen-bond donors (Lipinski definition) is 2. The summed E-state index contributed by atoms with van der Waals surface area (Å²) >= 11 is 0.792. The van der Waals surface area contributed by atoms with E-state index < -0.39 is 34.3 Å². The Morgan fingerprint density at radius 3 is 2.82 bits per heavy atom. The number of alkyl halides is 2. The van der Waals surface area contributed by atoms with E-state index in [1.165, 1.54) is 38.0 Å². The van der Waals surface area contributed by atoms with E-state index in [0.29, 0.717) is 22.7 Å². The van der Waals surface area contributed by atoms with Gasteiger partial charge in [-0.2, -0.15) is 0 Å². The highest BCUT2D eigenvalue weighted by Crippen LogP contribution is 2.68. The number of thioether (sulfide) groups is 1. The minimum absolute atomic E-state index is 0.0790. The van der Waals surface area contributed by atoms with Crippen LogP contribution in [0.4, 0.5) is 29.1 Å². The van der Waals surface area contributed by atoms with Crippen molar-refractivity contribution in [1.29, 1.82) is 0 Å². The van der Waals surface area contributed by atoms with Crippen LogP contribution in [0.1, 0.15) is 24.8 Å². The van der Waals surface area contributed by atoms with Gasteiger partial charge in [0.2, 0.25) is 5.89 Å². The molecule has 0 amide bonds. The number of ether oxygens (including phenoxy) is 1. The minimum Gasteiger partial charge on any atom is -0.482 e. The van der Waals surface area contributed by atoms with Crippen molar-refractivity contribution in [2.24, 2.45) is 16.6 Å². The average Bonchev–Trinajstić information content (AvgIpc) is 3.42. The summed E-state index contributed by atoms with van der Waals surface area (Å²) in [5.74, 6) is -2.05. The molecule has 1 aromatic carbocycles. The highest BCUT2D eigenvalue weighted by molar-refractivity contribution is 8.15. The smallest absolute Gasteiger partial charge is 0.253 e. The highest BCUT2D eigenvalue weighted by atomic mass is 32.2. The van der Waals surface area contributed by atoms with Crippen molar-refractivity contribution in [2.75, 3.05) is 5.32 Å². The molecule has 3 aromatic heterocycles. The number of amidine groups is 1. The first-order chi connectivity index (χ1) is 18.2. The van der Waals surface area contributed by atoms with Gasteiger partial charge in [0.1, 0.15) is 23.9 Å². The third-order valence-electron chi connectivity index (χ3n) is 6.77. The fourth-order valence-electron chi connectivity index (χ4n) is 4.84. The number of anilines is 2. The van der Waals surface area contributed by atoms with Gasteiger partial charge in [-0.3, -0.25) is 4.99 Å². The first-order valence-corrected chi connectivity index (χ1v) is 12.2. The Morgan fingerprint density at radius 1 is 1.21 bits per heavy atom. The maximum absolute atomic E-state index is 15.1. The molecule has 0 radical (unpaired) electrons. The van der Waals surface area contributed by atoms with Crippen molar-refractivity contribution < 1.29 is 26.7 Å². The number of hydrogen-bond acceptors (Lipinski definition) is 10. The molecule has 1 saturated carbocycles. The highest BCUT2D eigenvalue weighted by Gasteiger charge is 2.71. The number of nitrogens with zero attached hydrogens (tertiary/aromatic N) is 5. The third-order valence-corrected chi connectivity index (χ3v) is 8.08. The Balaban J connectivity index is 1.32. The number of nitrogens with two attached hydrogens (primary N) is 1. The second-order valence-electron chi connectivity index (χ2n) is 9.13. The van der Waals surface area contributed by atoms with E-state index in [0.717, 1.165) is 17.8 Å². The predicted octanol–water partition coefficient (Wildman–Crippen LogP) is 4.91. The van der Waals surface area contributed by atoms with Crippen molar-refractivity contribution in [1.82, 2.24) is 19.9 Å². The number of rotatable bonds is 7. The Labute approximate surface area is 216 Å². The molecule has 9 nitrogen and oxygen atoms in total. The van der Waals surface area contributed by atoms with E-state index in [-0.39, 0.29) is 35.3 Å². The molecule has 1 aliphatic carbocycles. The summed E-state index contributed by atoms with van der Waals surface area (Å²) in [6, 6.07) is 3.91. The lowest BCUT2D eigenvalue weighted by Crippen LogP contribution is -2.39. The third kappa shape index (κ3) is 3.99. The molecule has 196 valence electrons. The molecule has 1 fully saturated rings. The molecule has 0 bridgehead atoms. The molecule has 1 aliphatic heterocycles. The predicted molar refractivity (Wildman–Crippen MR) is 131 cm³/mol. The topological polar surface area (TPSA) is 124 Å². The van der Waals surface area contributed by atoms with Crippen LogP contribution in [0.5, 0.6) is 5.75 Å². The summed E-state index contributed by atoms with van der Waals surface area (Å²) in [7, 11) is 0. The van der Waals surface area contributed by atoms with Crippen LogP contribution in [0.25, 0.3) is 11.0 Å². The zero-order chi connectivity index (χ0) is 26.7. The zero-order valence-corrected chi connectivity index (χ0v) is 20.5. The molecule has 14 heteroatoms. The van der Waals surface area contributed by atoms with Crippen LogP contribution in [-0.4, -0.2) is 36.3 Å². The number of aromatic nitrogens is 4. The summed E-state index contributed by atoms with van der Waals surface area (Å²) < 4.78 is 66.9. The first-order valence-electron chi connectivity index (χ1n) is 11.4. The Morgan fingerprint density at radius 2 is 2.05 bits per heavy atom. The van der Waals surface area contributed by atoms with Crippen LogP contribution in [0, 0.1) is 17.6 Å². The molecule has 6 rings (SSSR count). The van der Waals surface area contributed by atoms with Gasteiger partial charge in [-0.1, -0.05) is 11.8 Å². The summed E-state index contributed by atoms with van der Waals surface area (Å²) in [6.45, 7) is 1.59. The monoisotopic (exact) mass is 545 g/mol. The quantitative estimate of drug-likeness (QED) is 0.312. The maximum Gasteiger partial charge on any atom is 0.253 e. The maximum atomic E-state index is 15.1. The number of oxazole rings is 1. The van der Waals surface area contributed by atoms with Crippen LogP contribution in [0.2, 0.25) is 0 Å². The molecule has 3 atom stereocenters. The Kier molecular flexibility index (Phi) is 5.67. The lowest BCUT2D eigenvalue weighted by molar-refractivity contribution is 0.123. The van der Waals surface area contributed by atoms with Crippen LogP contribution >= 0.6 is 11.8 Å². The van der Waals surface area contributed by atoms with Gasteiger partial charge in [0.25, 0.3) is 6.43 Å². The van der Waals surface area contributed by atoms with Gasteiger partial charge in [-0.15, -0.1) is 0 Å². The first kappa shape index (κ1) is 24.4. The molecule has 0 unspecified atom stereocenters. The molecule has 38 heavy (non-hydrogen) atoms. The molecule has 3 N–H and O–H groups in total. The van der Waals surface area contributed by atoms with E-state index in [1.807, 2.05) is 0 Å². The van der Waals surface area contributed by atoms with E-state index in [1.54, 1.807) is 6.07 Å². The second-order valence-corrected chi connectivity index (χ2v) is 10.5. The van der Waals surface area contributed by atoms with Gasteiger partial charge in [-0.05, 0) is 19.4 Å². The number of pyridine rings is 1. The SMILES string of the molecule is C[C@@]1(c2cc(Nc3ncnc4cc(OCc5ncco5)cnc34)cc(F)c2F)N=C(N)S[C@@]2(C(F)F)C[C@@H]12. The fourth-order valence-corrected chi connectivity index (χ4v) is 6.17. The minimum atomic E-state index is -2.69. The number of halogens is 4. The lowest BCUT2D eigenvalue weighted by atomic mass is 9.85. The van der Waals surface area contributed by atoms with Crippen LogP contribution in [-0.2, 0) is 12.1 Å². The van der Waals surface area contributed by atoms with E-state index in [2.05, 4.69) is 30.2 Å². The summed E-state index contributed by atoms with van der Waals surface area (Å²) in [4.78, 5) is 21.0. The molecule has 2 aliphatic rings. The van der Waals surface area contributed by atoms with Gasteiger partial charge in [-0.25, -0.2) is 37.5 Å². The molecule has 4 heterocycles. The summed E-state index contributed by atoms with van der Waals surface area (Å²) in [5.41, 5.74) is 5.09. The van der Waals surface area contributed by atoms with E-state index in [4.69, 9.17) is 14.9 Å². The number of fused-ring (bicyclic) bond motifs is 2.